The zero-order valence-electron chi connectivity index (χ0n) is 9.59. The first kappa shape index (κ1) is 15.9. The molecular weight excluding hydrogens is 410 g/mol. The van der Waals surface area contributed by atoms with Crippen LogP contribution in [0.4, 0.5) is 0 Å². The molecule has 2 rings (SSSR count). The third-order valence-electron chi connectivity index (χ3n) is 2.35. The molecule has 0 amide bonds. The molecule has 2 nitrogen and oxygen atoms in total. The first-order valence-electron chi connectivity index (χ1n) is 5.21. The van der Waals surface area contributed by atoms with Crippen molar-refractivity contribution < 1.29 is 9.53 Å². The van der Waals surface area contributed by atoms with Gasteiger partial charge in [-0.05, 0) is 30.3 Å². The predicted octanol–water partition coefficient (Wildman–Crippen LogP) is 6.28. The highest BCUT2D eigenvalue weighted by atomic mass is 79.9. The van der Waals surface area contributed by atoms with Crippen LogP contribution in [-0.2, 0) is 0 Å². The summed E-state index contributed by atoms with van der Waals surface area (Å²) in [5, 5.41) is 0.367. The third kappa shape index (κ3) is 3.41. The lowest BCUT2D eigenvalue weighted by Crippen LogP contribution is -2.09. The molecule has 0 aromatic heterocycles. The van der Waals surface area contributed by atoms with Crippen LogP contribution in [-0.4, -0.2) is 5.97 Å². The molecule has 0 fully saturated rings. The number of benzene rings is 2. The van der Waals surface area contributed by atoms with E-state index >= 15 is 0 Å². The van der Waals surface area contributed by atoms with Crippen LogP contribution in [0.1, 0.15) is 10.4 Å². The second-order valence-electron chi connectivity index (χ2n) is 3.69. The van der Waals surface area contributed by atoms with Crippen LogP contribution in [0.3, 0.4) is 0 Å². The van der Waals surface area contributed by atoms with Crippen LogP contribution in [0.2, 0.25) is 20.1 Å². The SMILES string of the molecule is O=C(Oc1c(Cl)cc(Cl)c(Cl)c1Cl)c1ccc(Br)cc1. The average Bonchev–Trinajstić information content (AvgIpc) is 2.42. The molecule has 2 aromatic carbocycles. The monoisotopic (exact) mass is 412 g/mol. The van der Waals surface area contributed by atoms with E-state index in [-0.39, 0.29) is 25.8 Å². The minimum absolute atomic E-state index is 0.00497. The molecule has 0 spiro atoms. The fourth-order valence-corrected chi connectivity index (χ4v) is 2.63. The summed E-state index contributed by atoms with van der Waals surface area (Å²) in [6.45, 7) is 0. The minimum Gasteiger partial charge on any atom is -0.420 e. The number of carbonyl (C=O) groups excluding carboxylic acids is 1. The molecule has 0 aliphatic heterocycles. The lowest BCUT2D eigenvalue weighted by atomic mass is 10.2. The van der Waals surface area contributed by atoms with E-state index in [1.54, 1.807) is 24.3 Å². The molecule has 7 heteroatoms. The van der Waals surface area contributed by atoms with Crippen LogP contribution in [0.25, 0.3) is 0 Å². The summed E-state index contributed by atoms with van der Waals surface area (Å²) in [5.41, 5.74) is 0.353. The molecule has 0 unspecified atom stereocenters. The van der Waals surface area contributed by atoms with Crippen molar-refractivity contribution in [2.45, 2.75) is 0 Å². The number of halogens is 5. The highest BCUT2D eigenvalue weighted by Crippen LogP contribution is 2.42. The van der Waals surface area contributed by atoms with Crippen molar-refractivity contribution in [3.63, 3.8) is 0 Å². The van der Waals surface area contributed by atoms with Gasteiger partial charge in [0.25, 0.3) is 0 Å². The number of carbonyl (C=O) groups is 1. The van der Waals surface area contributed by atoms with E-state index in [9.17, 15) is 4.79 Å². The Morgan fingerprint density at radius 2 is 1.55 bits per heavy atom. The second-order valence-corrected chi connectivity index (χ2v) is 6.18. The molecule has 0 atom stereocenters. The van der Waals surface area contributed by atoms with Crippen molar-refractivity contribution in [3.05, 3.63) is 60.5 Å². The van der Waals surface area contributed by atoms with Crippen LogP contribution < -0.4 is 4.74 Å². The highest BCUT2D eigenvalue weighted by Gasteiger charge is 2.18. The summed E-state index contributed by atoms with van der Waals surface area (Å²) in [5.74, 6) is -0.615. The quantitative estimate of drug-likeness (QED) is 0.250. The van der Waals surface area contributed by atoms with E-state index in [1.807, 2.05) is 0 Å². The van der Waals surface area contributed by atoms with Gasteiger partial charge in [0.2, 0.25) is 0 Å². The Balaban J connectivity index is 2.33. The maximum absolute atomic E-state index is 12.0. The maximum atomic E-state index is 12.0. The highest BCUT2D eigenvalue weighted by molar-refractivity contribution is 9.10. The Morgan fingerprint density at radius 3 is 2.15 bits per heavy atom. The Labute approximate surface area is 143 Å². The van der Waals surface area contributed by atoms with Crippen molar-refractivity contribution in [1.82, 2.24) is 0 Å². The molecule has 0 N–H and O–H groups in total. The summed E-state index contributed by atoms with van der Waals surface area (Å²) in [6, 6.07) is 8.00. The third-order valence-corrected chi connectivity index (χ3v) is 4.40. The number of esters is 1. The molecule has 20 heavy (non-hydrogen) atoms. The van der Waals surface area contributed by atoms with E-state index in [0.717, 1.165) is 4.47 Å². The van der Waals surface area contributed by atoms with Crippen LogP contribution in [0, 0.1) is 0 Å². The van der Waals surface area contributed by atoms with Gasteiger partial charge >= 0.3 is 5.97 Å². The number of rotatable bonds is 2. The summed E-state index contributed by atoms with van der Waals surface area (Å²) < 4.78 is 6.02. The summed E-state index contributed by atoms with van der Waals surface area (Å²) >= 11 is 26.9. The molecule has 0 bridgehead atoms. The first-order valence-corrected chi connectivity index (χ1v) is 7.51. The Hall–Kier alpha value is -0.450. The summed E-state index contributed by atoms with van der Waals surface area (Å²) in [4.78, 5) is 12.0. The first-order chi connectivity index (χ1) is 9.40. The molecule has 104 valence electrons. The number of hydrogen-bond donors (Lipinski definition) is 0. The van der Waals surface area contributed by atoms with Crippen LogP contribution in [0.5, 0.6) is 5.75 Å². The molecule has 0 aliphatic carbocycles. The molecule has 0 saturated carbocycles. The Morgan fingerprint density at radius 1 is 0.950 bits per heavy atom. The smallest absolute Gasteiger partial charge is 0.343 e. The largest absolute Gasteiger partial charge is 0.420 e. The average molecular weight is 415 g/mol. The fraction of sp³-hybridized carbons (Fsp3) is 0. The van der Waals surface area contributed by atoms with Crippen molar-refractivity contribution >= 4 is 68.3 Å². The van der Waals surface area contributed by atoms with Gasteiger partial charge in [-0.3, -0.25) is 0 Å². The molecule has 2 aromatic rings. The van der Waals surface area contributed by atoms with E-state index in [1.165, 1.54) is 6.07 Å². The van der Waals surface area contributed by atoms with Crippen molar-refractivity contribution in [2.24, 2.45) is 0 Å². The fourth-order valence-electron chi connectivity index (χ4n) is 1.38. The Kier molecular flexibility index (Phi) is 5.21. The predicted molar refractivity (Wildman–Crippen MR) is 85.6 cm³/mol. The van der Waals surface area contributed by atoms with Crippen molar-refractivity contribution in [3.8, 4) is 5.75 Å². The summed E-state index contributed by atoms with van der Waals surface area (Å²) in [7, 11) is 0. The number of ether oxygens (including phenoxy) is 1. The van der Waals surface area contributed by atoms with Gasteiger partial charge in [-0.2, -0.15) is 0 Å². The van der Waals surface area contributed by atoms with Gasteiger partial charge in [-0.1, -0.05) is 62.3 Å². The standard InChI is InChI=1S/C13H5BrCl4O2/c14-7-3-1-6(2-4-7)13(19)20-12-9(16)5-8(15)10(17)11(12)18/h1-5H. The van der Waals surface area contributed by atoms with Gasteiger partial charge < -0.3 is 4.74 Å². The summed E-state index contributed by atoms with van der Waals surface area (Å²) in [6.07, 6.45) is 0. The van der Waals surface area contributed by atoms with Crippen LogP contribution >= 0.6 is 62.3 Å². The Bertz CT molecular complexity index is 671. The topological polar surface area (TPSA) is 26.3 Å². The molecule has 0 aliphatic rings. The van der Waals surface area contributed by atoms with Gasteiger partial charge in [0.1, 0.15) is 5.02 Å². The lowest BCUT2D eigenvalue weighted by Gasteiger charge is -2.10. The van der Waals surface area contributed by atoms with E-state index < -0.39 is 5.97 Å². The molecule has 0 radical (unpaired) electrons. The second kappa shape index (κ2) is 6.54. The number of hydrogen-bond acceptors (Lipinski definition) is 2. The van der Waals surface area contributed by atoms with Gasteiger partial charge in [0, 0.05) is 4.47 Å². The van der Waals surface area contributed by atoms with Crippen molar-refractivity contribution in [1.29, 1.82) is 0 Å². The normalized spacial score (nSPS) is 10.4. The molecule has 0 saturated heterocycles. The van der Waals surface area contributed by atoms with Crippen LogP contribution in [0.15, 0.2) is 34.8 Å². The van der Waals surface area contributed by atoms with Gasteiger partial charge in [0.05, 0.1) is 20.6 Å². The maximum Gasteiger partial charge on any atom is 0.343 e. The zero-order valence-corrected chi connectivity index (χ0v) is 14.2. The van der Waals surface area contributed by atoms with Gasteiger partial charge in [-0.15, -0.1) is 0 Å². The van der Waals surface area contributed by atoms with Crippen molar-refractivity contribution in [2.75, 3.05) is 0 Å². The van der Waals surface area contributed by atoms with Gasteiger partial charge in [-0.25, -0.2) is 4.79 Å². The molecular formula is C13H5BrCl4O2. The molecule has 0 heterocycles. The van der Waals surface area contributed by atoms with E-state index in [2.05, 4.69) is 15.9 Å². The zero-order chi connectivity index (χ0) is 14.9. The minimum atomic E-state index is -0.598. The lowest BCUT2D eigenvalue weighted by molar-refractivity contribution is 0.0735. The van der Waals surface area contributed by atoms with E-state index in [4.69, 9.17) is 51.1 Å². The van der Waals surface area contributed by atoms with Gasteiger partial charge in [0.15, 0.2) is 5.75 Å². The van der Waals surface area contributed by atoms with E-state index in [0.29, 0.717) is 5.56 Å².